The Morgan fingerprint density at radius 3 is 2.53 bits per heavy atom. The molecule has 2 rings (SSSR count). The summed E-state index contributed by atoms with van der Waals surface area (Å²) in [6.07, 6.45) is 3.98. The fourth-order valence-electron chi connectivity index (χ4n) is 1.82. The van der Waals surface area contributed by atoms with Gasteiger partial charge in [0.2, 0.25) is 0 Å². The molecule has 2 aromatic rings. The van der Waals surface area contributed by atoms with Crippen molar-refractivity contribution in [2.45, 2.75) is 18.6 Å². The Morgan fingerprint density at radius 1 is 1.29 bits per heavy atom. The molecule has 0 fully saturated rings. The Bertz CT molecular complexity index is 491. The second-order valence-corrected chi connectivity index (χ2v) is 4.38. The predicted molar refractivity (Wildman–Crippen MR) is 71.7 cm³/mol. The third-order valence-electron chi connectivity index (χ3n) is 2.70. The zero-order valence-corrected chi connectivity index (χ0v) is 11.1. The molecular weight excluding hydrogens is 232 g/mol. The van der Waals surface area contributed by atoms with E-state index in [9.17, 15) is 0 Å². The number of methoxy groups -OCH3 is 1. The lowest BCUT2D eigenvalue weighted by molar-refractivity contribution is 0.415. The molecule has 1 aromatic carbocycles. The fraction of sp³-hybridized carbons (Fsp3) is 0.308. The van der Waals surface area contributed by atoms with Crippen LogP contribution in [-0.2, 0) is 6.54 Å². The molecule has 0 atom stereocenters. The van der Waals surface area contributed by atoms with Crippen LogP contribution >= 0.6 is 11.8 Å². The largest absolute Gasteiger partial charge is 0.497 e. The molecule has 1 heterocycles. The van der Waals surface area contributed by atoms with Gasteiger partial charge in [-0.2, -0.15) is 0 Å². The predicted octanol–water partition coefficient (Wildman–Crippen LogP) is 3.30. The molecule has 0 bridgehead atoms. The highest BCUT2D eigenvalue weighted by molar-refractivity contribution is 7.98. The average Bonchev–Trinajstić information content (AvgIpc) is 2.81. The third kappa shape index (κ3) is 2.31. The van der Waals surface area contributed by atoms with Crippen molar-refractivity contribution in [3.8, 4) is 17.0 Å². The van der Waals surface area contributed by atoms with E-state index in [1.54, 1.807) is 18.9 Å². The summed E-state index contributed by atoms with van der Waals surface area (Å²) >= 11 is 1.67. The van der Waals surface area contributed by atoms with Crippen molar-refractivity contribution in [3.05, 3.63) is 30.5 Å². The van der Waals surface area contributed by atoms with E-state index in [1.165, 1.54) is 5.56 Å². The molecular formula is C13H16N2OS. The summed E-state index contributed by atoms with van der Waals surface area (Å²) < 4.78 is 7.38. The minimum Gasteiger partial charge on any atom is -0.497 e. The van der Waals surface area contributed by atoms with Gasteiger partial charge in [-0.15, -0.1) is 0 Å². The molecule has 3 nitrogen and oxygen atoms in total. The topological polar surface area (TPSA) is 27.1 Å². The number of ether oxygens (including phenoxy) is 1. The number of imidazole rings is 1. The summed E-state index contributed by atoms with van der Waals surface area (Å²) in [5, 5.41) is 1.05. The van der Waals surface area contributed by atoms with E-state index >= 15 is 0 Å². The molecule has 0 aliphatic carbocycles. The van der Waals surface area contributed by atoms with Crippen molar-refractivity contribution >= 4 is 11.8 Å². The first kappa shape index (κ1) is 12.0. The van der Waals surface area contributed by atoms with Gasteiger partial charge in [-0.1, -0.05) is 11.8 Å². The van der Waals surface area contributed by atoms with Crippen LogP contribution in [0.2, 0.25) is 0 Å². The van der Waals surface area contributed by atoms with Gasteiger partial charge >= 0.3 is 0 Å². The van der Waals surface area contributed by atoms with Crippen LogP contribution in [0.15, 0.2) is 35.6 Å². The highest BCUT2D eigenvalue weighted by Gasteiger charge is 2.09. The second kappa shape index (κ2) is 5.27. The van der Waals surface area contributed by atoms with Crippen molar-refractivity contribution in [3.63, 3.8) is 0 Å². The van der Waals surface area contributed by atoms with E-state index in [0.29, 0.717) is 0 Å². The quantitative estimate of drug-likeness (QED) is 0.777. The Labute approximate surface area is 106 Å². The van der Waals surface area contributed by atoms with Gasteiger partial charge in [0.25, 0.3) is 0 Å². The number of benzene rings is 1. The summed E-state index contributed by atoms with van der Waals surface area (Å²) in [5.41, 5.74) is 2.32. The maximum absolute atomic E-state index is 5.16. The molecule has 0 spiro atoms. The van der Waals surface area contributed by atoms with Gasteiger partial charge < -0.3 is 9.30 Å². The number of hydrogen-bond acceptors (Lipinski definition) is 3. The van der Waals surface area contributed by atoms with E-state index in [4.69, 9.17) is 4.74 Å². The van der Waals surface area contributed by atoms with Crippen molar-refractivity contribution in [2.75, 3.05) is 13.4 Å². The van der Waals surface area contributed by atoms with E-state index in [1.807, 2.05) is 24.6 Å². The van der Waals surface area contributed by atoms with Crippen LogP contribution in [0.5, 0.6) is 5.75 Å². The van der Waals surface area contributed by atoms with Crippen LogP contribution in [0.25, 0.3) is 11.3 Å². The summed E-state index contributed by atoms with van der Waals surface area (Å²) in [6.45, 7) is 3.06. The zero-order chi connectivity index (χ0) is 12.3. The van der Waals surface area contributed by atoms with Gasteiger partial charge in [-0.25, -0.2) is 4.98 Å². The number of nitrogens with zero attached hydrogens (tertiary/aromatic N) is 2. The number of hydrogen-bond donors (Lipinski definition) is 0. The van der Waals surface area contributed by atoms with Crippen molar-refractivity contribution < 1.29 is 4.74 Å². The molecule has 0 saturated heterocycles. The summed E-state index contributed by atoms with van der Waals surface area (Å²) in [5.74, 6) is 0.876. The molecule has 1 aromatic heterocycles. The molecule has 90 valence electrons. The standard InChI is InChI=1S/C13H16N2OS/c1-4-15-12(9-14-13(15)17-3)10-5-7-11(16-2)8-6-10/h5-9H,4H2,1-3H3. The zero-order valence-electron chi connectivity index (χ0n) is 10.3. The molecule has 0 aliphatic rings. The maximum atomic E-state index is 5.16. The van der Waals surface area contributed by atoms with Gasteiger partial charge in [0.05, 0.1) is 19.0 Å². The van der Waals surface area contributed by atoms with E-state index in [2.05, 4.69) is 28.6 Å². The van der Waals surface area contributed by atoms with Gasteiger partial charge in [0.1, 0.15) is 5.75 Å². The summed E-state index contributed by atoms with van der Waals surface area (Å²) in [7, 11) is 1.68. The first-order valence-corrected chi connectivity index (χ1v) is 6.76. The maximum Gasteiger partial charge on any atom is 0.168 e. The lowest BCUT2D eigenvalue weighted by Gasteiger charge is -2.08. The van der Waals surface area contributed by atoms with Gasteiger partial charge in [0, 0.05) is 12.1 Å². The van der Waals surface area contributed by atoms with Crippen LogP contribution in [0, 0.1) is 0 Å². The minimum absolute atomic E-state index is 0.876. The van der Waals surface area contributed by atoms with Crippen LogP contribution in [-0.4, -0.2) is 22.9 Å². The van der Waals surface area contributed by atoms with E-state index < -0.39 is 0 Å². The highest BCUT2D eigenvalue weighted by atomic mass is 32.2. The summed E-state index contributed by atoms with van der Waals surface area (Å²) in [4.78, 5) is 4.42. The fourth-order valence-corrected chi connectivity index (χ4v) is 2.43. The van der Waals surface area contributed by atoms with E-state index in [0.717, 1.165) is 23.1 Å². The molecule has 0 amide bonds. The molecule has 0 N–H and O–H groups in total. The monoisotopic (exact) mass is 248 g/mol. The smallest absolute Gasteiger partial charge is 0.168 e. The third-order valence-corrected chi connectivity index (χ3v) is 3.39. The van der Waals surface area contributed by atoms with Gasteiger partial charge in [-0.3, -0.25) is 0 Å². The summed E-state index contributed by atoms with van der Waals surface area (Å²) in [6, 6.07) is 8.07. The average molecular weight is 248 g/mol. The molecule has 0 unspecified atom stereocenters. The Morgan fingerprint density at radius 2 is 2.00 bits per heavy atom. The van der Waals surface area contributed by atoms with Crippen molar-refractivity contribution in [2.24, 2.45) is 0 Å². The first-order valence-electron chi connectivity index (χ1n) is 5.54. The van der Waals surface area contributed by atoms with Crippen LogP contribution in [0.3, 0.4) is 0 Å². The van der Waals surface area contributed by atoms with Crippen molar-refractivity contribution in [1.29, 1.82) is 0 Å². The number of rotatable bonds is 4. The normalized spacial score (nSPS) is 10.5. The Hall–Kier alpha value is -1.42. The molecule has 0 radical (unpaired) electrons. The van der Waals surface area contributed by atoms with Gasteiger partial charge in [0.15, 0.2) is 5.16 Å². The van der Waals surface area contributed by atoms with Crippen LogP contribution < -0.4 is 4.74 Å². The highest BCUT2D eigenvalue weighted by Crippen LogP contribution is 2.26. The first-order chi connectivity index (χ1) is 8.30. The van der Waals surface area contributed by atoms with Crippen molar-refractivity contribution in [1.82, 2.24) is 9.55 Å². The molecule has 4 heteroatoms. The molecule has 17 heavy (non-hydrogen) atoms. The molecule has 0 saturated carbocycles. The molecule has 0 aliphatic heterocycles. The van der Waals surface area contributed by atoms with Crippen LogP contribution in [0.4, 0.5) is 0 Å². The lowest BCUT2D eigenvalue weighted by Crippen LogP contribution is -1.98. The Balaban J connectivity index is 2.41. The Kier molecular flexibility index (Phi) is 3.74. The lowest BCUT2D eigenvalue weighted by atomic mass is 10.1. The number of aromatic nitrogens is 2. The number of thioether (sulfide) groups is 1. The SMILES string of the molecule is CCn1c(-c2ccc(OC)cc2)cnc1SC. The van der Waals surface area contributed by atoms with Crippen LogP contribution in [0.1, 0.15) is 6.92 Å². The van der Waals surface area contributed by atoms with E-state index in [-0.39, 0.29) is 0 Å². The second-order valence-electron chi connectivity index (χ2n) is 3.60. The van der Waals surface area contributed by atoms with Gasteiger partial charge in [-0.05, 0) is 37.4 Å². The minimum atomic E-state index is 0.876.